The molecule has 0 bridgehead atoms. The van der Waals surface area contributed by atoms with Crippen LogP contribution in [0.15, 0.2) is 126 Å². The average Bonchev–Trinajstić information content (AvgIpc) is 4.27. The first-order valence-corrected chi connectivity index (χ1v) is 27.3. The summed E-state index contributed by atoms with van der Waals surface area (Å²) >= 11 is 0. The highest BCUT2D eigenvalue weighted by atomic mass is 16.5. The van der Waals surface area contributed by atoms with Crippen molar-refractivity contribution in [2.24, 2.45) is 7.05 Å². The van der Waals surface area contributed by atoms with E-state index in [1.165, 1.54) is 5.56 Å². The van der Waals surface area contributed by atoms with Crippen LogP contribution in [0.3, 0.4) is 0 Å². The molecule has 0 aliphatic carbocycles. The van der Waals surface area contributed by atoms with E-state index < -0.39 is 0 Å². The highest BCUT2D eigenvalue weighted by Gasteiger charge is 2.31. The molecule has 3 aliphatic rings. The summed E-state index contributed by atoms with van der Waals surface area (Å²) in [5.74, 6) is 2.70. The number of aryl methyl sites for hydroxylation is 1. The van der Waals surface area contributed by atoms with Crippen molar-refractivity contribution < 1.29 is 19.1 Å². The fourth-order valence-electron chi connectivity index (χ4n) is 11.9. The number of nitrogens with one attached hydrogen (secondary N) is 2. The number of fused-ring (bicyclic) bond motifs is 2. The van der Waals surface area contributed by atoms with E-state index in [0.717, 1.165) is 108 Å². The number of hydrogen-bond acceptors (Lipinski definition) is 11. The van der Waals surface area contributed by atoms with Crippen LogP contribution in [0.5, 0.6) is 11.5 Å². The molecule has 8 heterocycles. The Morgan fingerprint density at radius 1 is 0.679 bits per heavy atom. The van der Waals surface area contributed by atoms with Gasteiger partial charge in [-0.05, 0) is 92.1 Å². The van der Waals surface area contributed by atoms with Crippen molar-refractivity contribution in [1.82, 2.24) is 48.7 Å². The topological polar surface area (TPSA) is 170 Å². The lowest BCUT2D eigenvalue weighted by Crippen LogP contribution is -2.58. The summed E-state index contributed by atoms with van der Waals surface area (Å²) in [5, 5.41) is 1.69. The van der Waals surface area contributed by atoms with Crippen molar-refractivity contribution in [2.45, 2.75) is 71.1 Å². The summed E-state index contributed by atoms with van der Waals surface area (Å²) in [6.07, 6.45) is 12.9. The van der Waals surface area contributed by atoms with Gasteiger partial charge in [-0.15, -0.1) is 0 Å². The maximum Gasteiger partial charge on any atom is 0.275 e. The molecule has 8 aromatic rings. The Kier molecular flexibility index (Phi) is 14.8. The van der Waals surface area contributed by atoms with E-state index in [2.05, 4.69) is 93.1 Å². The highest BCUT2D eigenvalue weighted by molar-refractivity contribution is 5.95. The summed E-state index contributed by atoms with van der Waals surface area (Å²) in [6.45, 7) is 15.0. The Morgan fingerprint density at radius 3 is 1.96 bits per heavy atom. The van der Waals surface area contributed by atoms with Crippen molar-refractivity contribution in [3.05, 3.63) is 148 Å². The Balaban J connectivity index is 0.798. The molecule has 3 aliphatic heterocycles. The third kappa shape index (κ3) is 10.6. The normalized spacial score (nSPS) is 18.8. The van der Waals surface area contributed by atoms with Crippen molar-refractivity contribution in [3.8, 4) is 44.9 Å². The van der Waals surface area contributed by atoms with Gasteiger partial charge in [-0.3, -0.25) is 29.0 Å². The molecule has 2 N–H and O–H groups in total. The second kappa shape index (κ2) is 22.1. The van der Waals surface area contributed by atoms with Crippen molar-refractivity contribution in [3.63, 3.8) is 0 Å². The zero-order chi connectivity index (χ0) is 54.2. The summed E-state index contributed by atoms with van der Waals surface area (Å²) in [6, 6.07) is 27.3. The number of pyridine rings is 2. The van der Waals surface area contributed by atoms with Gasteiger partial charge in [0.15, 0.2) is 0 Å². The predicted octanol–water partition coefficient (Wildman–Crippen LogP) is 7.59. The summed E-state index contributed by atoms with van der Waals surface area (Å²) in [4.78, 5) is 78.4. The zero-order valence-corrected chi connectivity index (χ0v) is 45.4. The van der Waals surface area contributed by atoms with Crippen LogP contribution in [0.1, 0.15) is 57.6 Å². The molecule has 5 aromatic heterocycles. The van der Waals surface area contributed by atoms with Gasteiger partial charge in [0.2, 0.25) is 17.8 Å². The molecule has 3 fully saturated rings. The SMILES string of the molecule is CC(=O)N1C[C@@H](C)N(CCOc2ccc(-c3ccc(-c4cn(Cc5cc(C6CCN(c7ncc(-c8cn(C)c(=O)c9[nH]ccc89)cn7)CC6)ccc5OCCN5CCN(C)C(=O)[C@H]5C)c(=O)c5[nH]ccc45)cc3)cc2)[C@@H](C)C1. The molecule has 3 atom stereocenters. The lowest BCUT2D eigenvalue weighted by atomic mass is 9.88. The van der Waals surface area contributed by atoms with E-state index in [0.29, 0.717) is 49.0 Å². The van der Waals surface area contributed by atoms with Gasteiger partial charge in [-0.25, -0.2) is 9.97 Å². The highest BCUT2D eigenvalue weighted by Crippen LogP contribution is 2.35. The van der Waals surface area contributed by atoms with Gasteiger partial charge < -0.3 is 43.3 Å². The molecule has 2 amide bonds. The fraction of sp³-hybridized carbons (Fsp3) is 0.377. The number of nitrogens with zero attached hydrogens (tertiary/aromatic N) is 9. The number of carbonyl (C=O) groups is 2. The van der Waals surface area contributed by atoms with Gasteiger partial charge in [0.25, 0.3) is 11.1 Å². The van der Waals surface area contributed by atoms with E-state index in [1.807, 2.05) is 74.1 Å². The minimum Gasteiger partial charge on any atom is -0.492 e. The van der Waals surface area contributed by atoms with Gasteiger partial charge in [-0.1, -0.05) is 48.5 Å². The third-order valence-corrected chi connectivity index (χ3v) is 16.5. The summed E-state index contributed by atoms with van der Waals surface area (Å²) < 4.78 is 16.2. The molecule has 0 spiro atoms. The number of aromatic amines is 2. The molecular weight excluding hydrogens is 983 g/mol. The summed E-state index contributed by atoms with van der Waals surface area (Å²) in [7, 11) is 3.60. The predicted molar refractivity (Wildman–Crippen MR) is 305 cm³/mol. The molecule has 404 valence electrons. The van der Waals surface area contributed by atoms with Crippen LogP contribution in [-0.2, 0) is 23.2 Å². The average molecular weight is 1050 g/mol. The molecule has 11 rings (SSSR count). The van der Waals surface area contributed by atoms with E-state index >= 15 is 0 Å². The number of anilines is 1. The third-order valence-electron chi connectivity index (χ3n) is 16.5. The molecule has 17 nitrogen and oxygen atoms in total. The summed E-state index contributed by atoms with van der Waals surface area (Å²) in [5.41, 5.74) is 8.79. The van der Waals surface area contributed by atoms with Gasteiger partial charge in [0, 0.05) is 156 Å². The molecular formula is C61H69N11O6. The lowest BCUT2D eigenvalue weighted by molar-refractivity contribution is -0.139. The maximum absolute atomic E-state index is 14.4. The number of amides is 2. The second-order valence-corrected chi connectivity index (χ2v) is 21.5. The minimum atomic E-state index is -0.226. The molecule has 0 radical (unpaired) electrons. The van der Waals surface area contributed by atoms with Crippen LogP contribution < -0.4 is 25.5 Å². The van der Waals surface area contributed by atoms with Crippen molar-refractivity contribution >= 4 is 39.6 Å². The number of H-pyrrole nitrogens is 2. The Labute approximate surface area is 454 Å². The van der Waals surface area contributed by atoms with E-state index in [1.54, 1.807) is 34.2 Å². The standard InChI is InChI=1S/C61H69N11O6/c1-39-34-70(42(4)73)35-40(2)72(39)28-30-77-50-14-11-44(12-15-50)43-7-9-46(10-8-43)54-38-71(60(76)57-52(54)18-22-63-57)36-48-31-47(13-16-55(48)78-29-27-68-26-25-66(5)58(74)41(68)3)45-19-23-69(24-20-45)61-64-32-49(33-65-61)53-37-67(6)59(75)56-51(53)17-21-62-56/h7-18,21-22,31-33,37-41,45,62-63H,19-20,23-30,34-36H2,1-6H3/t39-,40+,41-/m1/s1. The smallest absolute Gasteiger partial charge is 0.275 e. The van der Waals surface area contributed by atoms with E-state index in [4.69, 9.17) is 19.4 Å². The van der Waals surface area contributed by atoms with Gasteiger partial charge in [-0.2, -0.15) is 0 Å². The largest absolute Gasteiger partial charge is 0.492 e. The van der Waals surface area contributed by atoms with E-state index in [9.17, 15) is 19.2 Å². The second-order valence-electron chi connectivity index (χ2n) is 21.5. The number of carbonyl (C=O) groups excluding carboxylic acids is 2. The van der Waals surface area contributed by atoms with Gasteiger partial charge in [0.1, 0.15) is 35.7 Å². The first-order chi connectivity index (χ1) is 37.8. The number of piperazine rings is 2. The number of aromatic nitrogens is 6. The zero-order valence-electron chi connectivity index (χ0n) is 45.4. The Hall–Kier alpha value is -8.02. The fourth-order valence-corrected chi connectivity index (χ4v) is 11.9. The lowest BCUT2D eigenvalue weighted by Gasteiger charge is -2.44. The number of hydrogen-bond donors (Lipinski definition) is 2. The van der Waals surface area contributed by atoms with E-state index in [-0.39, 0.29) is 53.5 Å². The van der Waals surface area contributed by atoms with Crippen molar-refractivity contribution in [1.29, 1.82) is 0 Å². The van der Waals surface area contributed by atoms with Crippen LogP contribution in [0, 0.1) is 0 Å². The van der Waals surface area contributed by atoms with Gasteiger partial charge in [0.05, 0.1) is 12.6 Å². The van der Waals surface area contributed by atoms with Crippen LogP contribution >= 0.6 is 0 Å². The van der Waals surface area contributed by atoms with Crippen LogP contribution in [-0.4, -0.2) is 151 Å². The first-order valence-electron chi connectivity index (χ1n) is 27.3. The minimum absolute atomic E-state index is 0.0800. The number of benzene rings is 3. The molecule has 0 unspecified atom stereocenters. The Bertz CT molecular complexity index is 3570. The molecule has 78 heavy (non-hydrogen) atoms. The number of piperidine rings is 1. The quantitative estimate of drug-likeness (QED) is 0.104. The first kappa shape index (κ1) is 52.1. The van der Waals surface area contributed by atoms with Gasteiger partial charge >= 0.3 is 0 Å². The Morgan fingerprint density at radius 2 is 1.29 bits per heavy atom. The number of rotatable bonds is 15. The maximum atomic E-state index is 14.4. The van der Waals surface area contributed by atoms with Crippen LogP contribution in [0.2, 0.25) is 0 Å². The van der Waals surface area contributed by atoms with Crippen molar-refractivity contribution in [2.75, 3.05) is 77.5 Å². The molecule has 3 saturated heterocycles. The molecule has 3 aromatic carbocycles. The monoisotopic (exact) mass is 1050 g/mol. The van der Waals surface area contributed by atoms with Crippen LogP contribution in [0.4, 0.5) is 5.95 Å². The molecule has 17 heteroatoms. The van der Waals surface area contributed by atoms with Crippen LogP contribution in [0.25, 0.3) is 55.2 Å². The number of ether oxygens (including phenoxy) is 2. The molecule has 0 saturated carbocycles. The number of likely N-dealkylation sites (N-methyl/N-ethyl adjacent to an activating group) is 1.